The summed E-state index contributed by atoms with van der Waals surface area (Å²) >= 11 is 7.22. The van der Waals surface area contributed by atoms with E-state index in [1.165, 1.54) is 37.6 Å². The van der Waals surface area contributed by atoms with Gasteiger partial charge in [-0.3, -0.25) is 4.79 Å². The van der Waals surface area contributed by atoms with E-state index in [0.29, 0.717) is 22.4 Å². The number of carboxylic acid groups (broad SMARTS) is 1. The highest BCUT2D eigenvalue weighted by atomic mass is 35.5. The standard InChI is InChI=1S/C18H21ClN2O4S/c1-11(16(22)21(4)18(2,3)17(23)24)26-10-15-20-9-14(25-15)12-5-7-13(19)8-6-12/h5-9,11H,10H2,1-4H3,(H,23,24). The fraction of sp³-hybridized carbons (Fsp3) is 0.389. The second-order valence-corrected chi connectivity index (χ2v) is 8.11. The quantitative estimate of drug-likeness (QED) is 0.763. The van der Waals surface area contributed by atoms with Crippen molar-refractivity contribution in [1.82, 2.24) is 9.88 Å². The number of amides is 1. The molecule has 1 aromatic carbocycles. The summed E-state index contributed by atoms with van der Waals surface area (Å²) < 4.78 is 5.71. The Morgan fingerprint density at radius 1 is 1.35 bits per heavy atom. The Morgan fingerprint density at radius 3 is 2.54 bits per heavy atom. The van der Waals surface area contributed by atoms with Crippen LogP contribution in [0.15, 0.2) is 34.9 Å². The fourth-order valence-electron chi connectivity index (χ4n) is 2.08. The zero-order chi connectivity index (χ0) is 19.5. The molecule has 0 radical (unpaired) electrons. The highest BCUT2D eigenvalue weighted by Crippen LogP contribution is 2.26. The number of oxazole rings is 1. The molecule has 0 spiro atoms. The normalized spacial score (nSPS) is 12.7. The van der Waals surface area contributed by atoms with Crippen LogP contribution in [0.2, 0.25) is 5.02 Å². The van der Waals surface area contributed by atoms with Crippen LogP contribution in [0, 0.1) is 0 Å². The molecule has 0 aliphatic heterocycles. The number of rotatable bonds is 7. The number of thioether (sulfide) groups is 1. The first-order chi connectivity index (χ1) is 12.1. The lowest BCUT2D eigenvalue weighted by Gasteiger charge is -2.33. The molecule has 1 heterocycles. The minimum absolute atomic E-state index is 0.258. The van der Waals surface area contributed by atoms with Gasteiger partial charge in [0.15, 0.2) is 5.76 Å². The lowest BCUT2D eigenvalue weighted by atomic mass is 10.0. The van der Waals surface area contributed by atoms with E-state index in [4.69, 9.17) is 16.0 Å². The Bertz CT molecular complexity index is 789. The number of hydrogen-bond acceptors (Lipinski definition) is 5. The zero-order valence-corrected chi connectivity index (χ0v) is 16.6. The van der Waals surface area contributed by atoms with E-state index in [2.05, 4.69) is 4.98 Å². The van der Waals surface area contributed by atoms with Gasteiger partial charge in [-0.15, -0.1) is 11.8 Å². The van der Waals surface area contributed by atoms with Gasteiger partial charge in [-0.1, -0.05) is 11.6 Å². The molecule has 6 nitrogen and oxygen atoms in total. The Hall–Kier alpha value is -1.99. The second kappa shape index (κ2) is 8.14. The minimum atomic E-state index is -1.27. The molecule has 1 atom stereocenters. The summed E-state index contributed by atoms with van der Waals surface area (Å²) in [5.74, 6) is 0.222. The average Bonchev–Trinajstić information content (AvgIpc) is 3.07. The van der Waals surface area contributed by atoms with E-state index >= 15 is 0 Å². The van der Waals surface area contributed by atoms with Crippen LogP contribution in [0.3, 0.4) is 0 Å². The largest absolute Gasteiger partial charge is 0.480 e. The van der Waals surface area contributed by atoms with Gasteiger partial charge in [0.05, 0.1) is 17.2 Å². The van der Waals surface area contributed by atoms with Crippen LogP contribution in [-0.2, 0) is 15.3 Å². The van der Waals surface area contributed by atoms with Crippen molar-refractivity contribution in [3.63, 3.8) is 0 Å². The summed E-state index contributed by atoms with van der Waals surface area (Å²) in [5, 5.41) is 9.46. The summed E-state index contributed by atoms with van der Waals surface area (Å²) in [7, 11) is 1.50. The number of hydrogen-bond donors (Lipinski definition) is 1. The summed E-state index contributed by atoms with van der Waals surface area (Å²) in [5.41, 5.74) is -0.401. The molecule has 2 rings (SSSR count). The van der Waals surface area contributed by atoms with Crippen LogP contribution in [-0.4, -0.2) is 44.7 Å². The van der Waals surface area contributed by atoms with E-state index in [0.717, 1.165) is 5.56 Å². The third-order valence-corrected chi connectivity index (χ3v) is 5.55. The SMILES string of the molecule is CC(SCc1ncc(-c2ccc(Cl)cc2)o1)C(=O)N(C)C(C)(C)C(=O)O. The number of likely N-dealkylation sites (N-methyl/N-ethyl adjacent to an activating group) is 1. The molecule has 1 aromatic heterocycles. The van der Waals surface area contributed by atoms with E-state index < -0.39 is 16.8 Å². The van der Waals surface area contributed by atoms with E-state index in [-0.39, 0.29) is 5.91 Å². The van der Waals surface area contributed by atoms with E-state index in [9.17, 15) is 14.7 Å². The maximum atomic E-state index is 12.5. The van der Waals surface area contributed by atoms with Crippen LogP contribution >= 0.6 is 23.4 Å². The number of halogens is 1. The molecule has 1 N–H and O–H groups in total. The van der Waals surface area contributed by atoms with Crippen molar-refractivity contribution in [2.24, 2.45) is 0 Å². The number of aliphatic carboxylic acids is 1. The summed E-state index contributed by atoms with van der Waals surface area (Å²) in [6, 6.07) is 7.23. The van der Waals surface area contributed by atoms with Gasteiger partial charge in [0.2, 0.25) is 11.8 Å². The fourth-order valence-corrected chi connectivity index (χ4v) is 3.04. The molecule has 8 heteroatoms. The Labute approximate surface area is 161 Å². The van der Waals surface area contributed by atoms with Crippen molar-refractivity contribution in [1.29, 1.82) is 0 Å². The summed E-state index contributed by atoms with van der Waals surface area (Å²) in [6.45, 7) is 4.73. The average molecular weight is 397 g/mol. The Balaban J connectivity index is 1.97. The molecule has 2 aromatic rings. The van der Waals surface area contributed by atoms with Crippen LogP contribution in [0.1, 0.15) is 26.7 Å². The van der Waals surface area contributed by atoms with Gasteiger partial charge in [-0.05, 0) is 45.0 Å². The molecule has 0 aliphatic rings. The monoisotopic (exact) mass is 396 g/mol. The van der Waals surface area contributed by atoms with Crippen molar-refractivity contribution in [3.05, 3.63) is 41.4 Å². The summed E-state index contributed by atoms with van der Waals surface area (Å²) in [4.78, 5) is 29.2. The number of benzene rings is 1. The molecule has 140 valence electrons. The maximum Gasteiger partial charge on any atom is 0.329 e. The predicted octanol–water partition coefficient (Wildman–Crippen LogP) is 3.94. The van der Waals surface area contributed by atoms with Gasteiger partial charge in [-0.25, -0.2) is 9.78 Å². The molecular formula is C18H21ClN2O4S. The first-order valence-corrected chi connectivity index (χ1v) is 9.39. The molecule has 0 fully saturated rings. The zero-order valence-electron chi connectivity index (χ0n) is 15.0. The number of carbonyl (C=O) groups excluding carboxylic acids is 1. The molecule has 0 aliphatic carbocycles. The van der Waals surface area contributed by atoms with Gasteiger partial charge in [0.25, 0.3) is 0 Å². The highest BCUT2D eigenvalue weighted by Gasteiger charge is 2.36. The van der Waals surface area contributed by atoms with Gasteiger partial charge in [0.1, 0.15) is 5.54 Å². The van der Waals surface area contributed by atoms with Gasteiger partial charge < -0.3 is 14.4 Å². The van der Waals surface area contributed by atoms with Crippen LogP contribution in [0.4, 0.5) is 0 Å². The lowest BCUT2D eigenvalue weighted by Crippen LogP contribution is -2.52. The highest BCUT2D eigenvalue weighted by molar-refractivity contribution is 7.99. The smallest absolute Gasteiger partial charge is 0.329 e. The van der Waals surface area contributed by atoms with Crippen molar-refractivity contribution < 1.29 is 19.1 Å². The maximum absolute atomic E-state index is 12.5. The van der Waals surface area contributed by atoms with E-state index in [1.807, 2.05) is 12.1 Å². The first kappa shape index (κ1) is 20.3. The topological polar surface area (TPSA) is 83.6 Å². The number of nitrogens with zero attached hydrogens (tertiary/aromatic N) is 2. The van der Waals surface area contributed by atoms with Crippen LogP contribution in [0.5, 0.6) is 0 Å². The van der Waals surface area contributed by atoms with Crippen molar-refractivity contribution >= 4 is 35.2 Å². The molecular weight excluding hydrogens is 376 g/mol. The first-order valence-electron chi connectivity index (χ1n) is 7.96. The molecule has 26 heavy (non-hydrogen) atoms. The number of aromatic nitrogens is 1. The Morgan fingerprint density at radius 2 is 1.96 bits per heavy atom. The third kappa shape index (κ3) is 4.59. The molecule has 1 unspecified atom stereocenters. The predicted molar refractivity (Wildman–Crippen MR) is 102 cm³/mol. The molecule has 0 saturated carbocycles. The van der Waals surface area contributed by atoms with Gasteiger partial charge >= 0.3 is 5.97 Å². The molecule has 1 amide bonds. The van der Waals surface area contributed by atoms with Crippen molar-refractivity contribution in [2.45, 2.75) is 37.3 Å². The van der Waals surface area contributed by atoms with Crippen LogP contribution in [0.25, 0.3) is 11.3 Å². The molecule has 0 bridgehead atoms. The number of carbonyl (C=O) groups is 2. The third-order valence-electron chi connectivity index (χ3n) is 4.18. The van der Waals surface area contributed by atoms with Crippen LogP contribution < -0.4 is 0 Å². The number of carboxylic acids is 1. The molecule has 0 saturated heterocycles. The van der Waals surface area contributed by atoms with Crippen molar-refractivity contribution in [2.75, 3.05) is 7.05 Å². The van der Waals surface area contributed by atoms with Gasteiger partial charge in [-0.2, -0.15) is 0 Å². The van der Waals surface area contributed by atoms with Gasteiger partial charge in [0, 0.05) is 17.6 Å². The lowest BCUT2D eigenvalue weighted by molar-refractivity contribution is -0.155. The van der Waals surface area contributed by atoms with Crippen molar-refractivity contribution in [3.8, 4) is 11.3 Å². The Kier molecular flexibility index (Phi) is 6.36. The second-order valence-electron chi connectivity index (χ2n) is 6.34. The summed E-state index contributed by atoms with van der Waals surface area (Å²) in [6.07, 6.45) is 1.63. The minimum Gasteiger partial charge on any atom is -0.480 e. The van der Waals surface area contributed by atoms with E-state index in [1.54, 1.807) is 25.3 Å².